The molecule has 1 aliphatic carbocycles. The molecule has 0 saturated carbocycles. The SMILES string of the molecule is CCC1=[C-]C(C)C=C1C(C)(C)C.[Cl-].[Cl-].[Zr+2]=[CH]c1cccc2ccccc12.c1ccc2c(c1)[cH-]c1ccccc12. The zero-order valence-corrected chi connectivity index (χ0v) is 27.4. The van der Waals surface area contributed by atoms with Gasteiger partial charge in [-0.25, -0.2) is 5.57 Å². The molecule has 3 heteroatoms. The molecule has 1 unspecified atom stereocenters. The van der Waals surface area contributed by atoms with Gasteiger partial charge in [-0.15, -0.1) is 39.7 Å². The number of benzene rings is 4. The predicted molar refractivity (Wildman–Crippen MR) is 160 cm³/mol. The molecule has 5 aromatic rings. The summed E-state index contributed by atoms with van der Waals surface area (Å²) in [5.41, 5.74) is 4.57. The van der Waals surface area contributed by atoms with Gasteiger partial charge in [-0.1, -0.05) is 88.8 Å². The average Bonchev–Trinajstić information content (AvgIpc) is 3.49. The molecular weight excluding hydrogens is 595 g/mol. The molecule has 0 saturated heterocycles. The van der Waals surface area contributed by atoms with E-state index in [-0.39, 0.29) is 24.8 Å². The molecule has 0 radical (unpaired) electrons. The summed E-state index contributed by atoms with van der Waals surface area (Å²) in [5.74, 6) is 0.522. The van der Waals surface area contributed by atoms with Crippen LogP contribution in [0.25, 0.3) is 32.3 Å². The van der Waals surface area contributed by atoms with Gasteiger partial charge in [0.1, 0.15) is 0 Å². The summed E-state index contributed by atoms with van der Waals surface area (Å²) in [7, 11) is 0. The Morgan fingerprint density at radius 3 is 1.79 bits per heavy atom. The van der Waals surface area contributed by atoms with Crippen LogP contribution >= 0.6 is 0 Å². The smallest absolute Gasteiger partial charge is 0.0771 e. The maximum atomic E-state index is 3.48. The quantitative estimate of drug-likeness (QED) is 0.259. The van der Waals surface area contributed by atoms with Crippen LogP contribution in [0.5, 0.6) is 0 Å². The van der Waals surface area contributed by atoms with E-state index < -0.39 is 0 Å². The van der Waals surface area contributed by atoms with Gasteiger partial charge in [0.2, 0.25) is 0 Å². The van der Waals surface area contributed by atoms with Crippen molar-refractivity contribution in [1.29, 1.82) is 0 Å². The summed E-state index contributed by atoms with van der Waals surface area (Å²) in [4.78, 5) is 0. The van der Waals surface area contributed by atoms with Crippen molar-refractivity contribution >= 4 is 36.0 Å². The van der Waals surface area contributed by atoms with Crippen LogP contribution in [0.3, 0.4) is 0 Å². The Morgan fingerprint density at radius 2 is 1.28 bits per heavy atom. The Hall–Kier alpha value is -2.18. The van der Waals surface area contributed by atoms with E-state index in [1.54, 1.807) is 0 Å². The number of fused-ring (bicyclic) bond motifs is 4. The Balaban J connectivity index is 0.000000200. The van der Waals surface area contributed by atoms with Gasteiger partial charge >= 0.3 is 86.7 Å². The van der Waals surface area contributed by atoms with Crippen molar-refractivity contribution in [3.8, 4) is 0 Å². The van der Waals surface area contributed by atoms with Crippen LogP contribution in [0.15, 0.2) is 114 Å². The van der Waals surface area contributed by atoms with Gasteiger partial charge in [-0.05, 0) is 0 Å². The van der Waals surface area contributed by atoms with Crippen molar-refractivity contribution in [2.24, 2.45) is 11.3 Å². The second-order valence-corrected chi connectivity index (χ2v) is 11.3. The van der Waals surface area contributed by atoms with Crippen LogP contribution in [-0.4, -0.2) is 3.71 Å². The molecule has 0 aliphatic heterocycles. The summed E-state index contributed by atoms with van der Waals surface area (Å²) < 4.78 is 2.23. The molecular formula is C36H36Cl2Zr-2. The van der Waals surface area contributed by atoms with Crippen molar-refractivity contribution in [1.82, 2.24) is 0 Å². The minimum absolute atomic E-state index is 0. The van der Waals surface area contributed by atoms with Crippen molar-refractivity contribution in [2.75, 3.05) is 0 Å². The minimum Gasteiger partial charge on any atom is -0.126 e. The standard InChI is InChI=1S/C13H9.C12H19.C11H8.2ClH.Zr/c1-3-7-12-10(5-1)9-11-6-2-4-8-13(11)12;1-6-10-7-9(2)8-11(10)12(3,4)5;1-9-5-4-7-10-6-2-3-8-11(9)10;;;/h1-9H;8-9H,6H2,1-5H3;1-8H;2*1H;/q2*-1;;;;+2/p-2. The second-order valence-electron chi connectivity index (χ2n) is 10.6. The normalized spacial score (nSPS) is 14.2. The zero-order chi connectivity index (χ0) is 26.4. The molecule has 5 aromatic carbocycles. The van der Waals surface area contributed by atoms with Crippen molar-refractivity contribution in [3.63, 3.8) is 0 Å². The maximum Gasteiger partial charge on any atom is -0.0771 e. The van der Waals surface area contributed by atoms with E-state index in [4.69, 9.17) is 0 Å². The fraction of sp³-hybridized carbons (Fsp3) is 0.222. The first-order valence-corrected chi connectivity index (χ1v) is 14.6. The first-order chi connectivity index (χ1) is 17.8. The molecule has 1 aliphatic rings. The third kappa shape index (κ3) is 8.17. The second kappa shape index (κ2) is 15.0. The summed E-state index contributed by atoms with van der Waals surface area (Å²) in [5, 5.41) is 8.08. The topological polar surface area (TPSA) is 0 Å². The van der Waals surface area contributed by atoms with Crippen LogP contribution in [-0.2, 0) is 24.2 Å². The number of allylic oxidation sites excluding steroid dienone is 4. The molecule has 0 aromatic heterocycles. The van der Waals surface area contributed by atoms with Crippen LogP contribution < -0.4 is 24.8 Å². The summed E-state index contributed by atoms with van der Waals surface area (Å²) in [6.07, 6.45) is 6.95. The number of rotatable bonds is 2. The van der Waals surface area contributed by atoms with Crippen LogP contribution in [0.4, 0.5) is 0 Å². The Kier molecular flexibility index (Phi) is 12.7. The first kappa shape index (κ1) is 33.0. The van der Waals surface area contributed by atoms with Gasteiger partial charge in [-0.3, -0.25) is 6.08 Å². The zero-order valence-electron chi connectivity index (χ0n) is 23.4. The van der Waals surface area contributed by atoms with E-state index in [0.717, 1.165) is 6.42 Å². The summed E-state index contributed by atoms with van der Waals surface area (Å²) in [6, 6.07) is 34.2. The molecule has 0 heterocycles. The van der Waals surface area contributed by atoms with Crippen LogP contribution in [0.2, 0.25) is 0 Å². The fourth-order valence-corrected chi connectivity index (χ4v) is 5.64. The predicted octanol–water partition coefficient (Wildman–Crippen LogP) is 4.00. The van der Waals surface area contributed by atoms with Gasteiger partial charge < -0.3 is 24.8 Å². The minimum atomic E-state index is 0. The fourth-order valence-electron chi connectivity index (χ4n) is 5.02. The third-order valence-corrected chi connectivity index (χ3v) is 7.57. The Morgan fingerprint density at radius 1 is 0.769 bits per heavy atom. The molecule has 6 rings (SSSR count). The van der Waals surface area contributed by atoms with Crippen LogP contribution in [0.1, 0.15) is 46.6 Å². The molecule has 0 N–H and O–H groups in total. The number of hydrogen-bond donors (Lipinski definition) is 0. The van der Waals surface area contributed by atoms with E-state index in [9.17, 15) is 0 Å². The first-order valence-electron chi connectivity index (χ1n) is 13.2. The Labute approximate surface area is 261 Å². The van der Waals surface area contributed by atoms with Gasteiger partial charge in [-0.2, -0.15) is 11.6 Å². The average molecular weight is 631 g/mol. The molecule has 0 spiro atoms. The molecule has 1 atom stereocenters. The van der Waals surface area contributed by atoms with Crippen molar-refractivity contribution < 1.29 is 49.0 Å². The van der Waals surface area contributed by atoms with E-state index in [1.165, 1.54) is 73.3 Å². The summed E-state index contributed by atoms with van der Waals surface area (Å²) in [6.45, 7) is 11.2. The molecule has 0 fully saturated rings. The number of hydrogen-bond acceptors (Lipinski definition) is 0. The molecule has 0 bridgehead atoms. The third-order valence-electron chi connectivity index (χ3n) is 6.81. The molecule has 0 amide bonds. The molecule has 200 valence electrons. The molecule has 0 nitrogen and oxygen atoms in total. The van der Waals surface area contributed by atoms with E-state index in [1.807, 2.05) is 0 Å². The van der Waals surface area contributed by atoms with E-state index >= 15 is 0 Å². The molecule has 39 heavy (non-hydrogen) atoms. The van der Waals surface area contributed by atoms with Gasteiger partial charge in [0.05, 0.1) is 0 Å². The van der Waals surface area contributed by atoms with E-state index in [2.05, 4.69) is 148 Å². The van der Waals surface area contributed by atoms with E-state index in [0.29, 0.717) is 11.3 Å². The summed E-state index contributed by atoms with van der Waals surface area (Å²) >= 11 is 1.46. The van der Waals surface area contributed by atoms with Crippen LogP contribution in [0, 0.1) is 17.4 Å². The van der Waals surface area contributed by atoms with Gasteiger partial charge in [0.25, 0.3) is 0 Å². The monoisotopic (exact) mass is 628 g/mol. The van der Waals surface area contributed by atoms with Gasteiger partial charge in [0, 0.05) is 0 Å². The van der Waals surface area contributed by atoms with Gasteiger partial charge in [0.15, 0.2) is 0 Å². The Bertz CT molecular complexity index is 1520. The van der Waals surface area contributed by atoms with Crippen molar-refractivity contribution in [3.05, 3.63) is 126 Å². The maximum absolute atomic E-state index is 3.48. The number of halogens is 2. The van der Waals surface area contributed by atoms with Crippen molar-refractivity contribution in [2.45, 2.75) is 41.0 Å². The largest absolute Gasteiger partial charge is 0.126 e.